The summed E-state index contributed by atoms with van der Waals surface area (Å²) in [5.74, 6) is -0.239. The lowest BCUT2D eigenvalue weighted by molar-refractivity contribution is -0.138. The molecule has 1 amide bonds. The molecule has 0 heterocycles. The molecule has 0 fully saturated rings. The van der Waals surface area contributed by atoms with Crippen LogP contribution in [-0.4, -0.2) is 12.5 Å². The standard InChI is InChI=1S/C17H15ClF3NO/c18-14-7-5-12(6-8-14)11-16(23)22-10-9-13-3-1-2-4-15(13)17(19,20)21/h1-8H,9-11H2,(H,22,23). The van der Waals surface area contributed by atoms with E-state index < -0.39 is 11.7 Å². The minimum absolute atomic E-state index is 0.127. The van der Waals surface area contributed by atoms with Gasteiger partial charge in [-0.05, 0) is 35.7 Å². The van der Waals surface area contributed by atoms with E-state index in [-0.39, 0.29) is 30.9 Å². The van der Waals surface area contributed by atoms with Gasteiger partial charge in [-0.25, -0.2) is 0 Å². The van der Waals surface area contributed by atoms with E-state index in [1.807, 2.05) is 0 Å². The molecular formula is C17H15ClF3NO. The lowest BCUT2D eigenvalue weighted by Gasteiger charge is -2.13. The van der Waals surface area contributed by atoms with Crippen LogP contribution in [0.15, 0.2) is 48.5 Å². The van der Waals surface area contributed by atoms with Crippen molar-refractivity contribution >= 4 is 17.5 Å². The smallest absolute Gasteiger partial charge is 0.355 e. The molecule has 2 rings (SSSR count). The average molecular weight is 342 g/mol. The molecule has 122 valence electrons. The first-order valence-corrected chi connectivity index (χ1v) is 7.40. The Morgan fingerprint density at radius 3 is 2.35 bits per heavy atom. The molecule has 0 aliphatic heterocycles. The number of rotatable bonds is 5. The zero-order valence-electron chi connectivity index (χ0n) is 12.2. The first-order chi connectivity index (χ1) is 10.9. The largest absolute Gasteiger partial charge is 0.416 e. The molecule has 1 N–H and O–H groups in total. The normalized spacial score (nSPS) is 11.3. The summed E-state index contributed by atoms with van der Waals surface area (Å²) in [4.78, 5) is 11.8. The van der Waals surface area contributed by atoms with Crippen LogP contribution in [0.4, 0.5) is 13.2 Å². The fourth-order valence-corrected chi connectivity index (χ4v) is 2.33. The molecule has 0 saturated carbocycles. The number of carbonyl (C=O) groups excluding carboxylic acids is 1. The Morgan fingerprint density at radius 1 is 1.04 bits per heavy atom. The van der Waals surface area contributed by atoms with E-state index in [1.165, 1.54) is 12.1 Å². The Kier molecular flexibility index (Phi) is 5.66. The summed E-state index contributed by atoms with van der Waals surface area (Å²) < 4.78 is 38.6. The van der Waals surface area contributed by atoms with Gasteiger partial charge in [0, 0.05) is 11.6 Å². The topological polar surface area (TPSA) is 29.1 Å². The highest BCUT2D eigenvalue weighted by molar-refractivity contribution is 6.30. The number of alkyl halides is 3. The van der Waals surface area contributed by atoms with Gasteiger partial charge in [0.05, 0.1) is 12.0 Å². The summed E-state index contributed by atoms with van der Waals surface area (Å²) in [6.45, 7) is 0.152. The predicted octanol–water partition coefficient (Wildman–Crippen LogP) is 4.26. The molecule has 2 nitrogen and oxygen atoms in total. The van der Waals surface area contributed by atoms with Crippen molar-refractivity contribution in [2.45, 2.75) is 19.0 Å². The third-order valence-corrected chi connectivity index (χ3v) is 3.57. The summed E-state index contributed by atoms with van der Waals surface area (Å²) in [5.41, 5.74) is 0.307. The third-order valence-electron chi connectivity index (χ3n) is 3.32. The number of benzene rings is 2. The van der Waals surface area contributed by atoms with E-state index in [2.05, 4.69) is 5.32 Å². The molecule has 23 heavy (non-hydrogen) atoms. The van der Waals surface area contributed by atoms with Gasteiger partial charge < -0.3 is 5.32 Å². The van der Waals surface area contributed by atoms with Crippen molar-refractivity contribution in [3.05, 3.63) is 70.2 Å². The van der Waals surface area contributed by atoms with E-state index in [1.54, 1.807) is 30.3 Å². The van der Waals surface area contributed by atoms with Crippen LogP contribution >= 0.6 is 11.6 Å². The fraction of sp³-hybridized carbons (Fsp3) is 0.235. The van der Waals surface area contributed by atoms with Crippen molar-refractivity contribution in [2.75, 3.05) is 6.54 Å². The third kappa shape index (κ3) is 5.28. The highest BCUT2D eigenvalue weighted by Gasteiger charge is 2.32. The lowest BCUT2D eigenvalue weighted by atomic mass is 10.0. The van der Waals surface area contributed by atoms with E-state index in [0.717, 1.165) is 11.6 Å². The van der Waals surface area contributed by atoms with Crippen molar-refractivity contribution in [1.82, 2.24) is 5.32 Å². The molecule has 0 unspecified atom stereocenters. The zero-order valence-corrected chi connectivity index (χ0v) is 12.9. The van der Waals surface area contributed by atoms with Crippen LogP contribution in [-0.2, 0) is 23.8 Å². The minimum Gasteiger partial charge on any atom is -0.355 e. The Morgan fingerprint density at radius 2 is 1.70 bits per heavy atom. The number of hydrogen-bond donors (Lipinski definition) is 1. The number of hydrogen-bond acceptors (Lipinski definition) is 1. The van der Waals surface area contributed by atoms with Crippen LogP contribution in [0.1, 0.15) is 16.7 Å². The predicted molar refractivity (Wildman–Crippen MR) is 83.3 cm³/mol. The summed E-state index contributed by atoms with van der Waals surface area (Å²) in [5, 5.41) is 3.22. The van der Waals surface area contributed by atoms with Gasteiger partial charge in [-0.3, -0.25) is 4.79 Å². The van der Waals surface area contributed by atoms with Crippen LogP contribution in [0.3, 0.4) is 0 Å². The average Bonchev–Trinajstić information content (AvgIpc) is 2.49. The maximum Gasteiger partial charge on any atom is 0.416 e. The number of nitrogens with one attached hydrogen (secondary N) is 1. The van der Waals surface area contributed by atoms with Crippen molar-refractivity contribution in [1.29, 1.82) is 0 Å². The molecule has 0 aliphatic rings. The molecule has 0 aliphatic carbocycles. The molecule has 6 heteroatoms. The molecular weight excluding hydrogens is 327 g/mol. The van der Waals surface area contributed by atoms with E-state index in [9.17, 15) is 18.0 Å². The zero-order chi connectivity index (χ0) is 16.9. The van der Waals surface area contributed by atoms with Gasteiger partial charge in [0.1, 0.15) is 0 Å². The quantitative estimate of drug-likeness (QED) is 0.865. The second-order valence-electron chi connectivity index (χ2n) is 5.06. The number of halogens is 4. The van der Waals surface area contributed by atoms with E-state index >= 15 is 0 Å². The van der Waals surface area contributed by atoms with Crippen LogP contribution < -0.4 is 5.32 Å². The minimum atomic E-state index is -4.39. The van der Waals surface area contributed by atoms with Gasteiger partial charge in [0.25, 0.3) is 0 Å². The van der Waals surface area contributed by atoms with Gasteiger partial charge >= 0.3 is 6.18 Å². The highest BCUT2D eigenvalue weighted by Crippen LogP contribution is 2.31. The molecule has 0 saturated heterocycles. The second-order valence-corrected chi connectivity index (χ2v) is 5.49. The maximum absolute atomic E-state index is 12.9. The Labute approximate surface area is 137 Å². The van der Waals surface area contributed by atoms with Crippen molar-refractivity contribution in [3.63, 3.8) is 0 Å². The summed E-state index contributed by atoms with van der Waals surface area (Å²) in [6, 6.07) is 12.2. The SMILES string of the molecule is O=C(Cc1ccc(Cl)cc1)NCCc1ccccc1C(F)(F)F. The van der Waals surface area contributed by atoms with Crippen molar-refractivity contribution in [2.24, 2.45) is 0 Å². The second kappa shape index (κ2) is 7.51. The molecule has 2 aromatic carbocycles. The molecule has 0 radical (unpaired) electrons. The Bertz CT molecular complexity index is 668. The van der Waals surface area contributed by atoms with Gasteiger partial charge in [-0.15, -0.1) is 0 Å². The fourth-order valence-electron chi connectivity index (χ4n) is 2.20. The van der Waals surface area contributed by atoms with E-state index in [0.29, 0.717) is 5.02 Å². The van der Waals surface area contributed by atoms with Gasteiger partial charge in [0.2, 0.25) is 5.91 Å². The molecule has 0 bridgehead atoms. The van der Waals surface area contributed by atoms with Gasteiger partial charge in [0.15, 0.2) is 0 Å². The van der Waals surface area contributed by atoms with Gasteiger partial charge in [-0.1, -0.05) is 41.9 Å². The molecule has 0 atom stereocenters. The monoisotopic (exact) mass is 341 g/mol. The summed E-state index contributed by atoms with van der Waals surface area (Å²) in [7, 11) is 0. The van der Waals surface area contributed by atoms with Crippen molar-refractivity contribution in [3.8, 4) is 0 Å². The number of amides is 1. The summed E-state index contributed by atoms with van der Waals surface area (Å²) >= 11 is 5.76. The highest BCUT2D eigenvalue weighted by atomic mass is 35.5. The van der Waals surface area contributed by atoms with Crippen LogP contribution in [0.5, 0.6) is 0 Å². The molecule has 0 aromatic heterocycles. The maximum atomic E-state index is 12.9. The molecule has 2 aromatic rings. The Hall–Kier alpha value is -2.01. The lowest BCUT2D eigenvalue weighted by Crippen LogP contribution is -2.27. The summed E-state index contributed by atoms with van der Waals surface area (Å²) in [6.07, 6.45) is -4.09. The number of carbonyl (C=O) groups is 1. The van der Waals surface area contributed by atoms with Gasteiger partial charge in [-0.2, -0.15) is 13.2 Å². The van der Waals surface area contributed by atoms with Crippen LogP contribution in [0.2, 0.25) is 5.02 Å². The van der Waals surface area contributed by atoms with Crippen molar-refractivity contribution < 1.29 is 18.0 Å². The molecule has 0 spiro atoms. The van der Waals surface area contributed by atoms with E-state index in [4.69, 9.17) is 11.6 Å². The first-order valence-electron chi connectivity index (χ1n) is 7.02. The van der Waals surface area contributed by atoms with Crippen LogP contribution in [0.25, 0.3) is 0 Å². The van der Waals surface area contributed by atoms with Crippen LogP contribution in [0, 0.1) is 0 Å². The Balaban J connectivity index is 1.88. The first kappa shape index (κ1) is 17.3.